The first-order chi connectivity index (χ1) is 9.91. The number of para-hydroxylation sites is 1. The van der Waals surface area contributed by atoms with Gasteiger partial charge in [0.15, 0.2) is 0 Å². The number of hydrogen-bond acceptors (Lipinski definition) is 5. The monoisotopic (exact) mass is 315 g/mol. The van der Waals surface area contributed by atoms with Crippen molar-refractivity contribution in [3.05, 3.63) is 18.2 Å². The third-order valence-electron chi connectivity index (χ3n) is 3.03. The van der Waals surface area contributed by atoms with Crippen molar-refractivity contribution in [3.8, 4) is 0 Å². The summed E-state index contributed by atoms with van der Waals surface area (Å²) >= 11 is 0. The Labute approximate surface area is 127 Å². The molecule has 3 N–H and O–H groups in total. The minimum atomic E-state index is -3.54. The highest BCUT2D eigenvalue weighted by Crippen LogP contribution is 2.27. The van der Waals surface area contributed by atoms with Crippen LogP contribution in [0.15, 0.2) is 23.1 Å². The largest absolute Gasteiger partial charge is 0.396 e. The molecule has 7 heteroatoms. The number of rotatable bonds is 9. The third kappa shape index (κ3) is 4.87. The highest BCUT2D eigenvalue weighted by atomic mass is 32.2. The van der Waals surface area contributed by atoms with E-state index in [-0.39, 0.29) is 10.6 Å². The molecule has 0 saturated carbocycles. The van der Waals surface area contributed by atoms with Crippen molar-refractivity contribution in [2.45, 2.75) is 24.7 Å². The van der Waals surface area contributed by atoms with Crippen molar-refractivity contribution < 1.29 is 13.2 Å². The number of hydrogen-bond donors (Lipinski definition) is 2. The lowest BCUT2D eigenvalue weighted by Crippen LogP contribution is -2.23. The fourth-order valence-electron chi connectivity index (χ4n) is 1.73. The number of nitrogen functional groups attached to an aromatic ring is 1. The van der Waals surface area contributed by atoms with Gasteiger partial charge in [-0.3, -0.25) is 0 Å². The number of nitrogens with one attached hydrogen (secondary N) is 1. The van der Waals surface area contributed by atoms with Crippen molar-refractivity contribution in [2.75, 3.05) is 44.9 Å². The summed E-state index contributed by atoms with van der Waals surface area (Å²) < 4.78 is 30.9. The van der Waals surface area contributed by atoms with Crippen LogP contribution in [0.25, 0.3) is 0 Å². The molecule has 0 atom stereocenters. The highest BCUT2D eigenvalue weighted by molar-refractivity contribution is 7.89. The number of unbranched alkanes of at least 4 members (excludes halogenated alkanes) is 1. The van der Waals surface area contributed by atoms with Gasteiger partial charge in [-0.1, -0.05) is 19.4 Å². The molecule has 1 aromatic rings. The van der Waals surface area contributed by atoms with Crippen LogP contribution >= 0.6 is 0 Å². The van der Waals surface area contributed by atoms with E-state index >= 15 is 0 Å². The van der Waals surface area contributed by atoms with Crippen LogP contribution in [0.2, 0.25) is 0 Å². The van der Waals surface area contributed by atoms with Gasteiger partial charge in [0.2, 0.25) is 10.0 Å². The Balaban J connectivity index is 2.69. The summed E-state index contributed by atoms with van der Waals surface area (Å²) in [7, 11) is -0.570. The molecule has 0 unspecified atom stereocenters. The molecule has 0 spiro atoms. The number of sulfonamides is 1. The number of anilines is 2. The van der Waals surface area contributed by atoms with E-state index < -0.39 is 10.0 Å². The lowest BCUT2D eigenvalue weighted by Gasteiger charge is -2.16. The van der Waals surface area contributed by atoms with E-state index in [1.807, 2.05) is 0 Å². The van der Waals surface area contributed by atoms with Crippen LogP contribution in [0.3, 0.4) is 0 Å². The Morgan fingerprint density at radius 3 is 2.62 bits per heavy atom. The molecule has 0 radical (unpaired) electrons. The molecule has 0 aliphatic carbocycles. The summed E-state index contributed by atoms with van der Waals surface area (Å²) in [6.45, 7) is 3.99. The minimum absolute atomic E-state index is 0.115. The maximum absolute atomic E-state index is 12.1. The molecule has 6 nitrogen and oxygen atoms in total. The average molecular weight is 315 g/mol. The van der Waals surface area contributed by atoms with Gasteiger partial charge in [0.05, 0.1) is 18.0 Å². The van der Waals surface area contributed by atoms with Gasteiger partial charge >= 0.3 is 0 Å². The molecule has 0 aromatic heterocycles. The molecular formula is C14H25N3O3S. The fourth-order valence-corrected chi connectivity index (χ4v) is 2.76. The second-order valence-corrected chi connectivity index (χ2v) is 7.02. The zero-order valence-electron chi connectivity index (χ0n) is 12.9. The Bertz CT molecular complexity index is 544. The number of nitrogens with zero attached hydrogens (tertiary/aromatic N) is 1. The molecule has 120 valence electrons. The van der Waals surface area contributed by atoms with Gasteiger partial charge in [-0.15, -0.1) is 0 Å². The fraction of sp³-hybridized carbons (Fsp3) is 0.571. The van der Waals surface area contributed by atoms with Crippen molar-refractivity contribution in [3.63, 3.8) is 0 Å². The minimum Gasteiger partial charge on any atom is -0.396 e. The van der Waals surface area contributed by atoms with Crippen LogP contribution in [-0.2, 0) is 14.8 Å². The molecule has 0 heterocycles. The first-order valence-electron chi connectivity index (χ1n) is 7.04. The quantitative estimate of drug-likeness (QED) is 0.536. The van der Waals surface area contributed by atoms with Crippen molar-refractivity contribution in [1.82, 2.24) is 4.31 Å². The summed E-state index contributed by atoms with van der Waals surface area (Å²) in [6.07, 6.45) is 2.14. The first-order valence-corrected chi connectivity index (χ1v) is 8.48. The van der Waals surface area contributed by atoms with Crippen LogP contribution in [0.5, 0.6) is 0 Å². The number of ether oxygens (including phenoxy) is 1. The van der Waals surface area contributed by atoms with Gasteiger partial charge in [-0.05, 0) is 18.6 Å². The molecule has 0 bridgehead atoms. The zero-order valence-corrected chi connectivity index (χ0v) is 13.7. The molecule has 21 heavy (non-hydrogen) atoms. The summed E-state index contributed by atoms with van der Waals surface area (Å²) in [5.41, 5.74) is 6.80. The Hall–Kier alpha value is -1.31. The van der Waals surface area contributed by atoms with E-state index in [2.05, 4.69) is 12.2 Å². The molecule has 0 fully saturated rings. The van der Waals surface area contributed by atoms with Gasteiger partial charge in [-0.25, -0.2) is 12.7 Å². The smallest absolute Gasteiger partial charge is 0.244 e. The Morgan fingerprint density at radius 2 is 2.00 bits per heavy atom. The van der Waals surface area contributed by atoms with Gasteiger partial charge < -0.3 is 15.8 Å². The van der Waals surface area contributed by atoms with Crippen molar-refractivity contribution in [1.29, 1.82) is 0 Å². The van der Waals surface area contributed by atoms with Gasteiger partial charge in [0.1, 0.15) is 4.90 Å². The van der Waals surface area contributed by atoms with E-state index in [1.54, 1.807) is 12.1 Å². The van der Waals surface area contributed by atoms with Crippen LogP contribution in [0.4, 0.5) is 11.4 Å². The lowest BCUT2D eigenvalue weighted by atomic mass is 10.2. The van der Waals surface area contributed by atoms with E-state index in [9.17, 15) is 8.42 Å². The van der Waals surface area contributed by atoms with Gasteiger partial charge in [0.25, 0.3) is 0 Å². The molecular weight excluding hydrogens is 290 g/mol. The maximum Gasteiger partial charge on any atom is 0.244 e. The highest BCUT2D eigenvalue weighted by Gasteiger charge is 2.21. The molecule has 0 aliphatic heterocycles. The molecule has 1 aromatic carbocycles. The van der Waals surface area contributed by atoms with Crippen LogP contribution in [0, 0.1) is 0 Å². The van der Waals surface area contributed by atoms with E-state index in [1.165, 1.54) is 20.2 Å². The lowest BCUT2D eigenvalue weighted by molar-refractivity contribution is 0.141. The third-order valence-corrected chi connectivity index (χ3v) is 4.90. The summed E-state index contributed by atoms with van der Waals surface area (Å²) in [6, 6.07) is 4.94. The predicted molar refractivity (Wildman–Crippen MR) is 85.9 cm³/mol. The van der Waals surface area contributed by atoms with Crippen LogP contribution < -0.4 is 11.1 Å². The summed E-state index contributed by atoms with van der Waals surface area (Å²) in [4.78, 5) is 0.115. The average Bonchev–Trinajstić information content (AvgIpc) is 2.43. The summed E-state index contributed by atoms with van der Waals surface area (Å²) in [5.74, 6) is 0. The second-order valence-electron chi connectivity index (χ2n) is 4.90. The van der Waals surface area contributed by atoms with Gasteiger partial charge in [-0.2, -0.15) is 0 Å². The SMILES string of the molecule is CCCCOCCNc1cccc(S(=O)(=O)N(C)C)c1N. The number of nitrogens with two attached hydrogens (primary N) is 1. The standard InChI is InChI=1S/C14H25N3O3S/c1-4-5-10-20-11-9-16-12-7-6-8-13(14(12)15)21(18,19)17(2)3/h6-8,16H,4-5,9-11,15H2,1-3H3. The zero-order chi connectivity index (χ0) is 15.9. The van der Waals surface area contributed by atoms with E-state index in [4.69, 9.17) is 10.5 Å². The topological polar surface area (TPSA) is 84.7 Å². The molecule has 1 rings (SSSR count). The van der Waals surface area contributed by atoms with Gasteiger partial charge in [0, 0.05) is 27.2 Å². The Morgan fingerprint density at radius 1 is 1.29 bits per heavy atom. The second kappa shape index (κ2) is 8.21. The van der Waals surface area contributed by atoms with Crippen molar-refractivity contribution >= 4 is 21.4 Å². The normalized spacial score (nSPS) is 11.8. The summed E-state index contributed by atoms with van der Waals surface area (Å²) in [5, 5.41) is 3.11. The van der Waals surface area contributed by atoms with E-state index in [0.717, 1.165) is 23.8 Å². The first kappa shape index (κ1) is 17.7. The Kier molecular flexibility index (Phi) is 6.94. The molecule has 0 aliphatic rings. The molecule has 0 saturated heterocycles. The predicted octanol–water partition coefficient (Wildman–Crippen LogP) is 1.75. The van der Waals surface area contributed by atoms with E-state index in [0.29, 0.717) is 18.8 Å². The maximum atomic E-state index is 12.1. The molecule has 0 amide bonds. The van der Waals surface area contributed by atoms with Crippen LogP contribution in [-0.4, -0.2) is 46.6 Å². The number of benzene rings is 1. The van der Waals surface area contributed by atoms with Crippen LogP contribution in [0.1, 0.15) is 19.8 Å². The van der Waals surface area contributed by atoms with Crippen molar-refractivity contribution in [2.24, 2.45) is 0 Å².